The van der Waals surface area contributed by atoms with Crippen molar-refractivity contribution in [2.75, 3.05) is 7.05 Å². The van der Waals surface area contributed by atoms with Crippen molar-refractivity contribution < 1.29 is 9.90 Å². The van der Waals surface area contributed by atoms with Crippen LogP contribution in [0.1, 0.15) is 37.3 Å². The molecule has 0 aromatic heterocycles. The van der Waals surface area contributed by atoms with Gasteiger partial charge in [-0.3, -0.25) is 9.69 Å². The average molecular weight is 260 g/mol. The smallest absolute Gasteiger partial charge is 0.310 e. The summed E-state index contributed by atoms with van der Waals surface area (Å²) < 4.78 is 0. The maximum atomic E-state index is 10.9. The van der Waals surface area contributed by atoms with Gasteiger partial charge >= 0.3 is 5.97 Å². The van der Waals surface area contributed by atoms with Crippen molar-refractivity contribution in [3.63, 3.8) is 0 Å². The van der Waals surface area contributed by atoms with Gasteiger partial charge in [-0.25, -0.2) is 0 Å². The summed E-state index contributed by atoms with van der Waals surface area (Å²) in [5.74, 6) is -1.29. The Bertz CT molecular complexity index is 462. The zero-order valence-electron chi connectivity index (χ0n) is 11.6. The fourth-order valence-electron chi connectivity index (χ4n) is 1.79. The Morgan fingerprint density at radius 1 is 1.37 bits per heavy atom. The Morgan fingerprint density at radius 2 is 1.95 bits per heavy atom. The van der Waals surface area contributed by atoms with Crippen LogP contribution in [0.25, 0.3) is 0 Å². The molecule has 1 rings (SSSR count). The van der Waals surface area contributed by atoms with Crippen molar-refractivity contribution in [3.8, 4) is 6.07 Å². The minimum atomic E-state index is -0.812. The number of carboxylic acid groups (broad SMARTS) is 1. The Morgan fingerprint density at radius 3 is 2.42 bits per heavy atom. The number of hydrogen-bond donors (Lipinski definition) is 1. The van der Waals surface area contributed by atoms with Gasteiger partial charge in [-0.15, -0.1) is 0 Å². The second kappa shape index (κ2) is 6.91. The van der Waals surface area contributed by atoms with Crippen LogP contribution in [0, 0.1) is 11.3 Å². The maximum Gasteiger partial charge on any atom is 0.310 e. The van der Waals surface area contributed by atoms with E-state index in [2.05, 4.69) is 11.0 Å². The molecule has 19 heavy (non-hydrogen) atoms. The van der Waals surface area contributed by atoms with Crippen LogP contribution in [0.3, 0.4) is 0 Å². The van der Waals surface area contributed by atoms with Crippen LogP contribution >= 0.6 is 0 Å². The SMILES string of the molecule is CC(C(=O)O)c1ccc(CN(C)C(C)CC#N)cc1. The van der Waals surface area contributed by atoms with Gasteiger partial charge in [-0.1, -0.05) is 24.3 Å². The molecular formula is C15H20N2O2. The molecule has 0 saturated heterocycles. The maximum absolute atomic E-state index is 10.9. The van der Waals surface area contributed by atoms with Crippen LogP contribution in [0.4, 0.5) is 0 Å². The molecule has 0 saturated carbocycles. The molecule has 0 heterocycles. The van der Waals surface area contributed by atoms with Crippen LogP contribution in [-0.4, -0.2) is 29.1 Å². The molecule has 102 valence electrons. The van der Waals surface area contributed by atoms with E-state index in [4.69, 9.17) is 10.4 Å². The van der Waals surface area contributed by atoms with Crippen molar-refractivity contribution in [1.82, 2.24) is 4.90 Å². The standard InChI is InChI=1S/C15H20N2O2/c1-11(8-9-16)17(3)10-13-4-6-14(7-5-13)12(2)15(18)19/h4-7,11-12H,8,10H2,1-3H3,(H,18,19). The minimum Gasteiger partial charge on any atom is -0.481 e. The zero-order valence-corrected chi connectivity index (χ0v) is 11.6. The minimum absolute atomic E-state index is 0.211. The van der Waals surface area contributed by atoms with Crippen molar-refractivity contribution >= 4 is 5.97 Å². The van der Waals surface area contributed by atoms with Crippen LogP contribution in [0.15, 0.2) is 24.3 Å². The molecule has 0 radical (unpaired) electrons. The molecule has 4 nitrogen and oxygen atoms in total. The second-order valence-corrected chi connectivity index (χ2v) is 4.93. The van der Waals surface area contributed by atoms with Crippen LogP contribution < -0.4 is 0 Å². The summed E-state index contributed by atoms with van der Waals surface area (Å²) in [6.45, 7) is 4.45. The van der Waals surface area contributed by atoms with E-state index in [0.717, 1.165) is 17.7 Å². The monoisotopic (exact) mass is 260 g/mol. The largest absolute Gasteiger partial charge is 0.481 e. The Labute approximate surface area is 114 Å². The number of benzene rings is 1. The van der Waals surface area contributed by atoms with Gasteiger partial charge in [0.05, 0.1) is 18.4 Å². The lowest BCUT2D eigenvalue weighted by Gasteiger charge is -2.22. The topological polar surface area (TPSA) is 64.3 Å². The lowest BCUT2D eigenvalue weighted by molar-refractivity contribution is -0.138. The molecular weight excluding hydrogens is 240 g/mol. The predicted molar refractivity (Wildman–Crippen MR) is 73.7 cm³/mol. The third-order valence-corrected chi connectivity index (χ3v) is 3.42. The van der Waals surface area contributed by atoms with Crippen molar-refractivity contribution in [2.45, 2.75) is 38.8 Å². The van der Waals surface area contributed by atoms with E-state index >= 15 is 0 Å². The first kappa shape index (κ1) is 15.2. The highest BCUT2D eigenvalue weighted by Crippen LogP contribution is 2.17. The van der Waals surface area contributed by atoms with Gasteiger partial charge in [0.2, 0.25) is 0 Å². The predicted octanol–water partition coefficient (Wildman–Crippen LogP) is 2.61. The molecule has 2 unspecified atom stereocenters. The van der Waals surface area contributed by atoms with Gasteiger partial charge in [0.15, 0.2) is 0 Å². The molecule has 0 spiro atoms. The number of rotatable bonds is 6. The number of carbonyl (C=O) groups is 1. The van der Waals surface area contributed by atoms with Gasteiger partial charge in [0, 0.05) is 12.6 Å². The number of carboxylic acids is 1. The van der Waals surface area contributed by atoms with Crippen LogP contribution in [-0.2, 0) is 11.3 Å². The van der Waals surface area contributed by atoms with E-state index in [1.165, 1.54) is 0 Å². The van der Waals surface area contributed by atoms with Gasteiger partial charge in [-0.2, -0.15) is 5.26 Å². The van der Waals surface area contributed by atoms with Crippen molar-refractivity contribution in [1.29, 1.82) is 5.26 Å². The lowest BCUT2D eigenvalue weighted by Crippen LogP contribution is -2.28. The van der Waals surface area contributed by atoms with Crippen LogP contribution in [0.5, 0.6) is 0 Å². The third-order valence-electron chi connectivity index (χ3n) is 3.42. The van der Waals surface area contributed by atoms with Gasteiger partial charge in [0.25, 0.3) is 0 Å². The molecule has 1 aromatic carbocycles. The third kappa shape index (κ3) is 4.38. The average Bonchev–Trinajstić information content (AvgIpc) is 2.38. The molecule has 0 aliphatic rings. The Balaban J connectivity index is 2.67. The first-order valence-corrected chi connectivity index (χ1v) is 6.34. The van der Waals surface area contributed by atoms with Crippen molar-refractivity contribution in [2.24, 2.45) is 0 Å². The summed E-state index contributed by atoms with van der Waals surface area (Å²) >= 11 is 0. The summed E-state index contributed by atoms with van der Waals surface area (Å²) in [7, 11) is 1.98. The van der Waals surface area contributed by atoms with Gasteiger partial charge < -0.3 is 5.11 Å². The summed E-state index contributed by atoms with van der Waals surface area (Å²) in [5, 5.41) is 17.6. The van der Waals surface area contributed by atoms with Gasteiger partial charge in [0.1, 0.15) is 0 Å². The van der Waals surface area contributed by atoms with Crippen molar-refractivity contribution in [3.05, 3.63) is 35.4 Å². The summed E-state index contributed by atoms with van der Waals surface area (Å²) in [6, 6.07) is 9.99. The Kier molecular flexibility index (Phi) is 5.53. The molecule has 1 N–H and O–H groups in total. The molecule has 4 heteroatoms. The van der Waals surface area contributed by atoms with Gasteiger partial charge in [-0.05, 0) is 32.0 Å². The van der Waals surface area contributed by atoms with E-state index in [1.54, 1.807) is 6.92 Å². The quantitative estimate of drug-likeness (QED) is 0.854. The highest BCUT2D eigenvalue weighted by atomic mass is 16.4. The zero-order chi connectivity index (χ0) is 14.4. The molecule has 0 amide bonds. The second-order valence-electron chi connectivity index (χ2n) is 4.93. The summed E-state index contributed by atoms with van der Waals surface area (Å²) in [4.78, 5) is 13.0. The normalized spacial score (nSPS) is 13.8. The van der Waals surface area contributed by atoms with E-state index in [9.17, 15) is 4.79 Å². The van der Waals surface area contributed by atoms with E-state index in [1.807, 2.05) is 38.2 Å². The number of aliphatic carboxylic acids is 1. The first-order valence-electron chi connectivity index (χ1n) is 6.34. The number of nitriles is 1. The van der Waals surface area contributed by atoms with E-state index in [0.29, 0.717) is 6.42 Å². The van der Waals surface area contributed by atoms with E-state index < -0.39 is 11.9 Å². The molecule has 0 fully saturated rings. The lowest BCUT2D eigenvalue weighted by atomic mass is 10.00. The highest BCUT2D eigenvalue weighted by Gasteiger charge is 2.14. The molecule has 0 bridgehead atoms. The summed E-state index contributed by atoms with van der Waals surface area (Å²) in [5.41, 5.74) is 1.93. The highest BCUT2D eigenvalue weighted by molar-refractivity contribution is 5.75. The molecule has 1 aromatic rings. The summed E-state index contributed by atoms with van der Waals surface area (Å²) in [6.07, 6.45) is 0.505. The molecule has 0 aliphatic carbocycles. The molecule has 0 aliphatic heterocycles. The Hall–Kier alpha value is -1.86. The fraction of sp³-hybridized carbons (Fsp3) is 0.467. The fourth-order valence-corrected chi connectivity index (χ4v) is 1.79. The first-order chi connectivity index (χ1) is 8.95. The van der Waals surface area contributed by atoms with E-state index in [-0.39, 0.29) is 6.04 Å². The van der Waals surface area contributed by atoms with Crippen LogP contribution in [0.2, 0.25) is 0 Å². The number of nitrogens with zero attached hydrogens (tertiary/aromatic N) is 2. The number of hydrogen-bond acceptors (Lipinski definition) is 3. The molecule has 2 atom stereocenters.